The van der Waals surface area contributed by atoms with Gasteiger partial charge in [-0.3, -0.25) is 4.79 Å². The maximum absolute atomic E-state index is 12.1. The quantitative estimate of drug-likeness (QED) is 0.848. The van der Waals surface area contributed by atoms with Crippen molar-refractivity contribution in [3.63, 3.8) is 0 Å². The van der Waals surface area contributed by atoms with Crippen molar-refractivity contribution in [1.82, 2.24) is 5.32 Å². The van der Waals surface area contributed by atoms with Crippen molar-refractivity contribution in [2.75, 3.05) is 0 Å². The second-order valence-corrected chi connectivity index (χ2v) is 8.16. The smallest absolute Gasteiger partial charge is 0.233 e. The fraction of sp³-hybridized carbons (Fsp3) is 0.588. The van der Waals surface area contributed by atoms with Gasteiger partial charge in [-0.05, 0) is 49.3 Å². The average Bonchev–Trinajstić information content (AvgIpc) is 3.14. The minimum absolute atomic E-state index is 0.0375. The maximum atomic E-state index is 12.1. The number of carbonyl (C=O) groups excluding carboxylic acids is 1. The molecule has 20 heavy (non-hydrogen) atoms. The molecule has 110 valence electrons. The van der Waals surface area contributed by atoms with Crippen LogP contribution in [0, 0.1) is 6.92 Å². The lowest BCUT2D eigenvalue weighted by Gasteiger charge is -2.21. The Kier molecular flexibility index (Phi) is 4.48. The van der Waals surface area contributed by atoms with Gasteiger partial charge in [0, 0.05) is 10.9 Å². The third-order valence-electron chi connectivity index (χ3n) is 3.65. The zero-order chi connectivity index (χ0) is 14.9. The number of benzene rings is 1. The lowest BCUT2D eigenvalue weighted by atomic mass is 9.87. The Morgan fingerprint density at radius 3 is 2.55 bits per heavy atom. The van der Waals surface area contributed by atoms with Crippen LogP contribution in [0.5, 0.6) is 0 Å². The minimum Gasteiger partial charge on any atom is -0.352 e. The summed E-state index contributed by atoms with van der Waals surface area (Å²) in [5.74, 6) is 0.165. The molecular formula is C17H25NOS. The predicted octanol–water partition coefficient (Wildman–Crippen LogP) is 4.05. The van der Waals surface area contributed by atoms with Crippen molar-refractivity contribution in [3.05, 3.63) is 29.3 Å². The van der Waals surface area contributed by atoms with Gasteiger partial charge in [0.1, 0.15) is 0 Å². The van der Waals surface area contributed by atoms with Gasteiger partial charge < -0.3 is 5.32 Å². The largest absolute Gasteiger partial charge is 0.352 e. The van der Waals surface area contributed by atoms with E-state index in [1.807, 2.05) is 6.92 Å². The van der Waals surface area contributed by atoms with Crippen LogP contribution < -0.4 is 5.32 Å². The molecule has 1 fully saturated rings. The topological polar surface area (TPSA) is 29.1 Å². The molecule has 2 nitrogen and oxygen atoms in total. The maximum Gasteiger partial charge on any atom is 0.233 e. The molecule has 1 aliphatic rings. The lowest BCUT2D eigenvalue weighted by molar-refractivity contribution is -0.120. The number of amides is 1. The van der Waals surface area contributed by atoms with E-state index < -0.39 is 0 Å². The molecule has 1 N–H and O–H groups in total. The van der Waals surface area contributed by atoms with Gasteiger partial charge in [-0.15, -0.1) is 11.8 Å². The summed E-state index contributed by atoms with van der Waals surface area (Å²) in [5.41, 5.74) is 2.71. The molecule has 1 amide bonds. The van der Waals surface area contributed by atoms with Gasteiger partial charge in [-0.2, -0.15) is 0 Å². The first kappa shape index (κ1) is 15.4. The van der Waals surface area contributed by atoms with Crippen LogP contribution in [0.2, 0.25) is 0 Å². The number of rotatable bonds is 4. The molecule has 0 aliphatic heterocycles. The molecule has 1 aromatic rings. The fourth-order valence-corrected chi connectivity index (χ4v) is 2.99. The summed E-state index contributed by atoms with van der Waals surface area (Å²) in [6, 6.07) is 7.02. The Labute approximate surface area is 126 Å². The summed E-state index contributed by atoms with van der Waals surface area (Å²) in [6.45, 7) is 10.8. The average molecular weight is 291 g/mol. The van der Waals surface area contributed by atoms with Crippen LogP contribution in [0.1, 0.15) is 51.7 Å². The highest BCUT2D eigenvalue weighted by molar-refractivity contribution is 8.00. The summed E-state index contributed by atoms with van der Waals surface area (Å²) >= 11 is 1.67. The molecule has 2 rings (SSSR count). The first-order valence-corrected chi connectivity index (χ1v) is 8.23. The summed E-state index contributed by atoms with van der Waals surface area (Å²) < 4.78 is 0. The van der Waals surface area contributed by atoms with Crippen molar-refractivity contribution in [1.29, 1.82) is 0 Å². The summed E-state index contributed by atoms with van der Waals surface area (Å²) in [6.07, 6.45) is 2.28. The van der Waals surface area contributed by atoms with Crippen LogP contribution in [-0.2, 0) is 10.2 Å². The Morgan fingerprint density at radius 1 is 1.35 bits per heavy atom. The minimum atomic E-state index is -0.0375. The van der Waals surface area contributed by atoms with Gasteiger partial charge in [0.2, 0.25) is 5.91 Å². The van der Waals surface area contributed by atoms with Crippen molar-refractivity contribution < 1.29 is 4.79 Å². The van der Waals surface area contributed by atoms with E-state index in [4.69, 9.17) is 0 Å². The third-order valence-corrected chi connectivity index (χ3v) is 4.91. The van der Waals surface area contributed by atoms with Crippen LogP contribution in [0.25, 0.3) is 0 Å². The Hall–Kier alpha value is -0.960. The highest BCUT2D eigenvalue weighted by atomic mass is 32.2. The SMILES string of the molecule is Cc1ccc(C(C)(C)C)cc1S[C@@H](C)C(=O)NC1CC1. The van der Waals surface area contributed by atoms with E-state index in [0.717, 1.165) is 12.8 Å². The molecule has 1 aromatic carbocycles. The van der Waals surface area contributed by atoms with E-state index >= 15 is 0 Å². The molecule has 1 aliphatic carbocycles. The third kappa shape index (κ3) is 4.02. The Balaban J connectivity index is 2.09. The molecule has 1 saturated carbocycles. The molecule has 0 heterocycles. The number of hydrogen-bond acceptors (Lipinski definition) is 2. The van der Waals surface area contributed by atoms with E-state index in [1.165, 1.54) is 16.0 Å². The first-order chi connectivity index (χ1) is 9.27. The van der Waals surface area contributed by atoms with Crippen LogP contribution in [0.4, 0.5) is 0 Å². The zero-order valence-corrected chi connectivity index (χ0v) is 13.9. The Bertz CT molecular complexity index is 500. The number of nitrogens with one attached hydrogen (secondary N) is 1. The van der Waals surface area contributed by atoms with E-state index in [1.54, 1.807) is 11.8 Å². The molecule has 1 atom stereocenters. The Morgan fingerprint density at radius 2 is 2.00 bits per heavy atom. The van der Waals surface area contributed by atoms with E-state index in [-0.39, 0.29) is 16.6 Å². The first-order valence-electron chi connectivity index (χ1n) is 7.35. The van der Waals surface area contributed by atoms with E-state index in [2.05, 4.69) is 51.2 Å². The molecular weight excluding hydrogens is 266 g/mol. The molecule has 3 heteroatoms. The van der Waals surface area contributed by atoms with Crippen LogP contribution in [0.15, 0.2) is 23.1 Å². The summed E-state index contributed by atoms with van der Waals surface area (Å²) in [5, 5.41) is 3.04. The molecule has 0 aromatic heterocycles. The monoisotopic (exact) mass is 291 g/mol. The molecule has 0 unspecified atom stereocenters. The molecule has 0 spiro atoms. The molecule has 0 bridgehead atoms. The standard InChI is InChI=1S/C17H25NOS/c1-11-6-7-13(17(3,4)5)10-15(11)20-12(2)16(19)18-14-8-9-14/h6-7,10,12,14H,8-9H2,1-5H3,(H,18,19)/t12-/m0/s1. The highest BCUT2D eigenvalue weighted by Crippen LogP contribution is 2.32. The normalized spacial score (nSPS) is 16.9. The predicted molar refractivity (Wildman–Crippen MR) is 86.4 cm³/mol. The second kappa shape index (κ2) is 5.80. The molecule has 0 saturated heterocycles. The second-order valence-electron chi connectivity index (χ2n) is 6.77. The summed E-state index contributed by atoms with van der Waals surface area (Å²) in [4.78, 5) is 13.3. The van der Waals surface area contributed by atoms with Gasteiger partial charge in [-0.1, -0.05) is 32.9 Å². The van der Waals surface area contributed by atoms with E-state index in [0.29, 0.717) is 6.04 Å². The molecule has 0 radical (unpaired) electrons. The number of carbonyl (C=O) groups is 1. The number of thioether (sulfide) groups is 1. The highest BCUT2D eigenvalue weighted by Gasteiger charge is 2.26. The summed E-state index contributed by atoms with van der Waals surface area (Å²) in [7, 11) is 0. The number of hydrogen-bond donors (Lipinski definition) is 1. The lowest BCUT2D eigenvalue weighted by Crippen LogP contribution is -2.32. The van der Waals surface area contributed by atoms with Crippen molar-refractivity contribution in [3.8, 4) is 0 Å². The van der Waals surface area contributed by atoms with Gasteiger partial charge in [-0.25, -0.2) is 0 Å². The van der Waals surface area contributed by atoms with Crippen LogP contribution in [-0.4, -0.2) is 17.2 Å². The number of aryl methyl sites for hydroxylation is 1. The van der Waals surface area contributed by atoms with Crippen molar-refractivity contribution in [2.45, 2.75) is 69.1 Å². The fourth-order valence-electron chi connectivity index (χ4n) is 1.98. The van der Waals surface area contributed by atoms with Gasteiger partial charge >= 0.3 is 0 Å². The van der Waals surface area contributed by atoms with Gasteiger partial charge in [0.25, 0.3) is 0 Å². The zero-order valence-electron chi connectivity index (χ0n) is 13.1. The van der Waals surface area contributed by atoms with Gasteiger partial charge in [0.05, 0.1) is 5.25 Å². The van der Waals surface area contributed by atoms with Crippen molar-refractivity contribution in [2.24, 2.45) is 0 Å². The van der Waals surface area contributed by atoms with Crippen LogP contribution in [0.3, 0.4) is 0 Å². The van der Waals surface area contributed by atoms with Crippen LogP contribution >= 0.6 is 11.8 Å². The van der Waals surface area contributed by atoms with E-state index in [9.17, 15) is 4.79 Å². The van der Waals surface area contributed by atoms with Crippen molar-refractivity contribution >= 4 is 17.7 Å². The van der Waals surface area contributed by atoms with Gasteiger partial charge in [0.15, 0.2) is 0 Å².